The van der Waals surface area contributed by atoms with Gasteiger partial charge < -0.3 is 9.47 Å². The Morgan fingerprint density at radius 2 is 1.84 bits per heavy atom. The lowest BCUT2D eigenvalue weighted by Gasteiger charge is -2.25. The van der Waals surface area contributed by atoms with Crippen LogP contribution in [0, 0.1) is 12.8 Å². The molecule has 0 heterocycles. The highest BCUT2D eigenvalue weighted by molar-refractivity contribution is 7.89. The van der Waals surface area contributed by atoms with Gasteiger partial charge in [0.25, 0.3) is 0 Å². The standard InChI is InChI=1S/C16H24F3NO4S/c1-12(2)10-20(11-16(17,18)19)25(21,22)14-5-6-15(13(3)9-14)24-8-7-23-4/h5-6,9,12H,7-8,10-11H2,1-4H3. The fourth-order valence-corrected chi connectivity index (χ4v) is 3.86. The minimum atomic E-state index is -4.61. The first kappa shape index (κ1) is 21.7. The third-order valence-corrected chi connectivity index (χ3v) is 5.06. The Labute approximate surface area is 146 Å². The van der Waals surface area contributed by atoms with Gasteiger partial charge in [-0.3, -0.25) is 0 Å². The van der Waals surface area contributed by atoms with Crippen molar-refractivity contribution in [2.45, 2.75) is 31.8 Å². The summed E-state index contributed by atoms with van der Waals surface area (Å²) in [5, 5.41) is 0. The molecule has 144 valence electrons. The van der Waals surface area contributed by atoms with Crippen LogP contribution in [-0.2, 0) is 14.8 Å². The topological polar surface area (TPSA) is 55.8 Å². The molecule has 25 heavy (non-hydrogen) atoms. The van der Waals surface area contributed by atoms with E-state index in [9.17, 15) is 21.6 Å². The lowest BCUT2D eigenvalue weighted by Crippen LogP contribution is -2.41. The average Bonchev–Trinajstić information content (AvgIpc) is 2.46. The number of hydrogen-bond donors (Lipinski definition) is 0. The van der Waals surface area contributed by atoms with E-state index in [0.717, 1.165) is 0 Å². The molecule has 0 spiro atoms. The summed E-state index contributed by atoms with van der Waals surface area (Å²) in [4.78, 5) is -0.186. The van der Waals surface area contributed by atoms with Gasteiger partial charge >= 0.3 is 6.18 Å². The van der Waals surface area contributed by atoms with Gasteiger partial charge in [0.1, 0.15) is 18.9 Å². The summed E-state index contributed by atoms with van der Waals surface area (Å²) in [6, 6.07) is 4.02. The van der Waals surface area contributed by atoms with Crippen molar-refractivity contribution in [3.63, 3.8) is 0 Å². The third kappa shape index (κ3) is 6.83. The molecule has 0 fully saturated rings. The van der Waals surface area contributed by atoms with Gasteiger partial charge in [0.2, 0.25) is 10.0 Å². The van der Waals surface area contributed by atoms with Gasteiger partial charge in [-0.05, 0) is 36.6 Å². The molecule has 0 aliphatic rings. The highest BCUT2D eigenvalue weighted by atomic mass is 32.2. The SMILES string of the molecule is COCCOc1ccc(S(=O)(=O)N(CC(C)C)CC(F)(F)F)cc1C. The highest BCUT2D eigenvalue weighted by Crippen LogP contribution is 2.27. The van der Waals surface area contributed by atoms with E-state index in [0.29, 0.717) is 22.2 Å². The molecular formula is C16H24F3NO4S. The van der Waals surface area contributed by atoms with E-state index >= 15 is 0 Å². The summed E-state index contributed by atoms with van der Waals surface area (Å²) in [5.74, 6) is 0.220. The first-order valence-corrected chi connectivity index (χ1v) is 9.20. The smallest absolute Gasteiger partial charge is 0.402 e. The molecule has 0 unspecified atom stereocenters. The van der Waals surface area contributed by atoms with E-state index in [-0.39, 0.29) is 24.0 Å². The summed E-state index contributed by atoms with van der Waals surface area (Å²) in [6.07, 6.45) is -4.61. The van der Waals surface area contributed by atoms with Crippen LogP contribution in [0.4, 0.5) is 13.2 Å². The van der Waals surface area contributed by atoms with Crippen molar-refractivity contribution in [2.24, 2.45) is 5.92 Å². The van der Waals surface area contributed by atoms with E-state index in [1.54, 1.807) is 20.8 Å². The molecular weight excluding hydrogens is 359 g/mol. The van der Waals surface area contributed by atoms with Crippen molar-refractivity contribution >= 4 is 10.0 Å². The molecule has 1 rings (SSSR count). The lowest BCUT2D eigenvalue weighted by atomic mass is 10.2. The monoisotopic (exact) mass is 383 g/mol. The molecule has 1 aromatic carbocycles. The van der Waals surface area contributed by atoms with E-state index in [4.69, 9.17) is 9.47 Å². The Morgan fingerprint density at radius 1 is 1.20 bits per heavy atom. The highest BCUT2D eigenvalue weighted by Gasteiger charge is 2.37. The molecule has 0 bridgehead atoms. The normalized spacial score (nSPS) is 12.8. The van der Waals surface area contributed by atoms with Crippen molar-refractivity contribution in [2.75, 3.05) is 33.4 Å². The first-order chi connectivity index (χ1) is 11.5. The number of sulfonamides is 1. The number of ether oxygens (including phenoxy) is 2. The second-order valence-corrected chi connectivity index (χ2v) is 8.01. The zero-order valence-electron chi connectivity index (χ0n) is 14.8. The number of alkyl halides is 3. The summed E-state index contributed by atoms with van der Waals surface area (Å²) in [7, 11) is -2.74. The average molecular weight is 383 g/mol. The Morgan fingerprint density at radius 3 is 2.32 bits per heavy atom. The Hall–Kier alpha value is -1.32. The first-order valence-electron chi connectivity index (χ1n) is 7.76. The zero-order chi connectivity index (χ0) is 19.3. The number of benzene rings is 1. The van der Waals surface area contributed by atoms with E-state index in [1.807, 2.05) is 0 Å². The van der Waals surface area contributed by atoms with Crippen molar-refractivity contribution in [3.8, 4) is 5.75 Å². The maximum Gasteiger partial charge on any atom is 0.402 e. The van der Waals surface area contributed by atoms with E-state index < -0.39 is 22.7 Å². The fraction of sp³-hybridized carbons (Fsp3) is 0.625. The largest absolute Gasteiger partial charge is 0.491 e. The molecule has 9 heteroatoms. The number of nitrogens with zero attached hydrogens (tertiary/aromatic N) is 1. The third-order valence-electron chi connectivity index (χ3n) is 3.25. The Bertz CT molecular complexity index is 660. The van der Waals surface area contributed by atoms with Gasteiger partial charge in [-0.25, -0.2) is 8.42 Å². The number of methoxy groups -OCH3 is 1. The van der Waals surface area contributed by atoms with Crippen LogP contribution in [0.15, 0.2) is 23.1 Å². The van der Waals surface area contributed by atoms with Crippen molar-refractivity contribution in [1.82, 2.24) is 4.31 Å². The van der Waals surface area contributed by atoms with E-state index in [2.05, 4.69) is 0 Å². The van der Waals surface area contributed by atoms with Crippen molar-refractivity contribution in [1.29, 1.82) is 0 Å². The van der Waals surface area contributed by atoms with Gasteiger partial charge in [0.15, 0.2) is 0 Å². The van der Waals surface area contributed by atoms with Gasteiger partial charge in [0.05, 0.1) is 11.5 Å². The molecule has 0 aromatic heterocycles. The van der Waals surface area contributed by atoms with Crippen LogP contribution in [0.25, 0.3) is 0 Å². The molecule has 0 N–H and O–H groups in total. The lowest BCUT2D eigenvalue weighted by molar-refractivity contribution is -0.136. The van der Waals surface area contributed by atoms with Gasteiger partial charge in [-0.2, -0.15) is 17.5 Å². The molecule has 5 nitrogen and oxygen atoms in total. The fourth-order valence-electron chi connectivity index (χ4n) is 2.18. The summed E-state index contributed by atoms with van der Waals surface area (Å²) in [5.41, 5.74) is 0.522. The summed E-state index contributed by atoms with van der Waals surface area (Å²) in [6.45, 7) is 3.89. The van der Waals surface area contributed by atoms with Crippen LogP contribution < -0.4 is 4.74 Å². The minimum absolute atomic E-state index is 0.186. The Balaban J connectivity index is 3.10. The quantitative estimate of drug-likeness (QED) is 0.615. The molecule has 1 aromatic rings. The van der Waals surface area contributed by atoms with Crippen molar-refractivity contribution in [3.05, 3.63) is 23.8 Å². The second-order valence-electron chi connectivity index (χ2n) is 6.08. The predicted octanol–water partition coefficient (Wildman–Crippen LogP) is 3.23. The zero-order valence-corrected chi connectivity index (χ0v) is 15.6. The molecule has 0 saturated carbocycles. The second kappa shape index (κ2) is 8.86. The molecule has 0 amide bonds. The van der Waals surface area contributed by atoms with Crippen LogP contribution in [0.5, 0.6) is 5.75 Å². The van der Waals surface area contributed by atoms with Gasteiger partial charge in [-0.15, -0.1) is 0 Å². The molecule has 0 aliphatic carbocycles. The molecule has 0 saturated heterocycles. The maximum atomic E-state index is 12.8. The van der Waals surface area contributed by atoms with Gasteiger partial charge in [0, 0.05) is 13.7 Å². The summed E-state index contributed by atoms with van der Waals surface area (Å²) >= 11 is 0. The number of hydrogen-bond acceptors (Lipinski definition) is 4. The number of rotatable bonds is 9. The minimum Gasteiger partial charge on any atom is -0.491 e. The van der Waals surface area contributed by atoms with Crippen LogP contribution >= 0.6 is 0 Å². The number of aryl methyl sites for hydroxylation is 1. The molecule has 0 radical (unpaired) electrons. The maximum absolute atomic E-state index is 12.8. The van der Waals surface area contributed by atoms with Crippen LogP contribution in [-0.4, -0.2) is 52.3 Å². The Kier molecular flexibility index (Phi) is 7.70. The van der Waals surface area contributed by atoms with Crippen LogP contribution in [0.3, 0.4) is 0 Å². The molecule has 0 atom stereocenters. The molecule has 0 aliphatic heterocycles. The van der Waals surface area contributed by atoms with Crippen LogP contribution in [0.1, 0.15) is 19.4 Å². The summed E-state index contributed by atoms with van der Waals surface area (Å²) < 4.78 is 74.4. The number of halogens is 3. The van der Waals surface area contributed by atoms with Crippen LogP contribution in [0.2, 0.25) is 0 Å². The predicted molar refractivity (Wildman–Crippen MR) is 88.2 cm³/mol. The van der Waals surface area contributed by atoms with E-state index in [1.165, 1.54) is 25.3 Å². The van der Waals surface area contributed by atoms with Gasteiger partial charge in [-0.1, -0.05) is 13.8 Å². The van der Waals surface area contributed by atoms with Crippen molar-refractivity contribution < 1.29 is 31.1 Å².